The number of Topliss-reactive ketones (excluding diaryl/α,β-unsaturated/α-hetero) is 1. The lowest BCUT2D eigenvalue weighted by molar-refractivity contribution is -0.140. The molecule has 0 saturated carbocycles. The number of hydrogen-bond acceptors (Lipinski definition) is 7. The number of carbonyl (C=O) groups excluding carboxylic acids is 2. The molecule has 2 aromatic rings. The van der Waals surface area contributed by atoms with Crippen LogP contribution in [0.2, 0.25) is 5.02 Å². The molecule has 0 spiro atoms. The van der Waals surface area contributed by atoms with Crippen LogP contribution in [0.25, 0.3) is 5.76 Å². The number of ketones is 1. The van der Waals surface area contributed by atoms with E-state index in [1.165, 1.54) is 24.1 Å². The average Bonchev–Trinajstić information content (AvgIpc) is 3.07. The Labute approximate surface area is 196 Å². The van der Waals surface area contributed by atoms with Gasteiger partial charge in [-0.25, -0.2) is 0 Å². The van der Waals surface area contributed by atoms with Crippen molar-refractivity contribution in [3.05, 3.63) is 64.2 Å². The Morgan fingerprint density at radius 1 is 1.15 bits per heavy atom. The van der Waals surface area contributed by atoms with Crippen LogP contribution >= 0.6 is 11.6 Å². The van der Waals surface area contributed by atoms with Crippen LogP contribution in [0.3, 0.4) is 0 Å². The molecular weight excluding hydrogens is 448 g/mol. The number of benzene rings is 2. The van der Waals surface area contributed by atoms with Gasteiger partial charge in [0.2, 0.25) is 0 Å². The minimum absolute atomic E-state index is 0.0361. The molecule has 0 radical (unpaired) electrons. The van der Waals surface area contributed by atoms with Gasteiger partial charge in [0, 0.05) is 37.3 Å². The SMILES string of the molecule is COc1ccc(C(O)=C2C(=O)C(=O)N(CCN3CCOCC3)[C@H]2c2cccc(Cl)c2)c(O)c1. The van der Waals surface area contributed by atoms with Crippen LogP contribution in [0.15, 0.2) is 48.0 Å². The van der Waals surface area contributed by atoms with Gasteiger partial charge in [-0.2, -0.15) is 0 Å². The minimum atomic E-state index is -0.841. The van der Waals surface area contributed by atoms with Crippen molar-refractivity contribution in [1.82, 2.24) is 9.80 Å². The molecule has 2 aliphatic rings. The summed E-state index contributed by atoms with van der Waals surface area (Å²) in [6, 6.07) is 10.3. The highest BCUT2D eigenvalue weighted by atomic mass is 35.5. The van der Waals surface area contributed by atoms with Gasteiger partial charge in [0.25, 0.3) is 11.7 Å². The van der Waals surface area contributed by atoms with Crippen molar-refractivity contribution in [3.63, 3.8) is 0 Å². The maximum Gasteiger partial charge on any atom is 0.295 e. The van der Waals surface area contributed by atoms with Crippen LogP contribution in [0.5, 0.6) is 11.5 Å². The topological polar surface area (TPSA) is 99.5 Å². The molecule has 174 valence electrons. The van der Waals surface area contributed by atoms with Crippen molar-refractivity contribution in [2.45, 2.75) is 6.04 Å². The molecule has 9 heteroatoms. The molecule has 0 aromatic heterocycles. The Morgan fingerprint density at radius 2 is 1.91 bits per heavy atom. The summed E-state index contributed by atoms with van der Waals surface area (Å²) in [5.74, 6) is -1.84. The number of carbonyl (C=O) groups is 2. The zero-order valence-corrected chi connectivity index (χ0v) is 18.9. The number of aliphatic hydroxyl groups is 1. The largest absolute Gasteiger partial charge is 0.507 e. The Morgan fingerprint density at radius 3 is 2.58 bits per heavy atom. The van der Waals surface area contributed by atoms with Gasteiger partial charge in [0.15, 0.2) is 0 Å². The number of nitrogens with zero attached hydrogens (tertiary/aromatic N) is 2. The number of aliphatic hydroxyl groups excluding tert-OH is 1. The van der Waals surface area contributed by atoms with Crippen molar-refractivity contribution >= 4 is 29.1 Å². The van der Waals surface area contributed by atoms with E-state index < -0.39 is 23.5 Å². The van der Waals surface area contributed by atoms with Crippen LogP contribution < -0.4 is 4.74 Å². The molecule has 8 nitrogen and oxygen atoms in total. The molecular formula is C24H25ClN2O6. The van der Waals surface area contributed by atoms with Crippen molar-refractivity contribution in [2.75, 3.05) is 46.5 Å². The molecule has 1 atom stereocenters. The van der Waals surface area contributed by atoms with Gasteiger partial charge >= 0.3 is 0 Å². The number of rotatable bonds is 6. The first-order chi connectivity index (χ1) is 15.9. The third kappa shape index (κ3) is 4.68. The highest BCUT2D eigenvalue weighted by molar-refractivity contribution is 6.46. The normalized spacial score (nSPS) is 20.9. The highest BCUT2D eigenvalue weighted by Crippen LogP contribution is 2.41. The van der Waals surface area contributed by atoms with E-state index in [4.69, 9.17) is 21.1 Å². The van der Waals surface area contributed by atoms with E-state index in [2.05, 4.69) is 4.90 Å². The molecule has 2 N–H and O–H groups in total. The van der Waals surface area contributed by atoms with Crippen molar-refractivity contribution in [2.24, 2.45) is 0 Å². The van der Waals surface area contributed by atoms with Crippen molar-refractivity contribution in [1.29, 1.82) is 0 Å². The van der Waals surface area contributed by atoms with Crippen molar-refractivity contribution in [3.8, 4) is 11.5 Å². The number of halogens is 1. The zero-order chi connectivity index (χ0) is 23.5. The standard InChI is InChI=1S/C24H25ClN2O6/c1-32-17-5-6-18(19(28)14-17)22(29)20-21(15-3-2-4-16(25)13-15)27(24(31)23(20)30)8-7-26-9-11-33-12-10-26/h2-6,13-14,21,28-29H,7-12H2,1H3/t21-/m0/s1. The molecule has 1 amide bonds. The Bertz CT molecular complexity index is 1100. The van der Waals surface area contributed by atoms with E-state index in [-0.39, 0.29) is 23.4 Å². The second-order valence-corrected chi connectivity index (χ2v) is 8.32. The minimum Gasteiger partial charge on any atom is -0.507 e. The second kappa shape index (κ2) is 9.82. The molecule has 2 fully saturated rings. The van der Waals surface area contributed by atoms with Gasteiger partial charge < -0.3 is 24.6 Å². The smallest absolute Gasteiger partial charge is 0.295 e. The molecule has 0 bridgehead atoms. The van der Waals surface area contributed by atoms with E-state index in [9.17, 15) is 19.8 Å². The maximum absolute atomic E-state index is 13.1. The van der Waals surface area contributed by atoms with Gasteiger partial charge in [0.05, 0.1) is 37.5 Å². The number of likely N-dealkylation sites (tertiary alicyclic amines) is 1. The first-order valence-electron chi connectivity index (χ1n) is 10.6. The lowest BCUT2D eigenvalue weighted by Gasteiger charge is -2.31. The van der Waals surface area contributed by atoms with Gasteiger partial charge in [0.1, 0.15) is 17.3 Å². The third-order valence-corrected chi connectivity index (χ3v) is 6.16. The monoisotopic (exact) mass is 472 g/mol. The van der Waals surface area contributed by atoms with E-state index in [1.807, 2.05) is 0 Å². The zero-order valence-electron chi connectivity index (χ0n) is 18.2. The molecule has 0 aliphatic carbocycles. The van der Waals surface area contributed by atoms with E-state index in [0.717, 1.165) is 13.1 Å². The fourth-order valence-electron chi connectivity index (χ4n) is 4.19. The molecule has 0 unspecified atom stereocenters. The van der Waals surface area contributed by atoms with Crippen LogP contribution in [-0.2, 0) is 14.3 Å². The first kappa shape index (κ1) is 23.1. The molecule has 33 heavy (non-hydrogen) atoms. The number of methoxy groups -OCH3 is 1. The molecule has 4 rings (SSSR count). The molecule has 2 aromatic carbocycles. The van der Waals surface area contributed by atoms with Crippen LogP contribution in [-0.4, -0.2) is 78.2 Å². The highest BCUT2D eigenvalue weighted by Gasteiger charge is 2.46. The summed E-state index contributed by atoms with van der Waals surface area (Å²) in [6.07, 6.45) is 0. The number of hydrogen-bond donors (Lipinski definition) is 2. The number of phenols is 1. The quantitative estimate of drug-likeness (QED) is 0.379. The summed E-state index contributed by atoms with van der Waals surface area (Å²) in [5, 5.41) is 22.0. The number of phenolic OH excluding ortho intramolecular Hbond substituents is 1. The number of aromatic hydroxyl groups is 1. The Balaban J connectivity index is 1.76. The average molecular weight is 473 g/mol. The lowest BCUT2D eigenvalue weighted by atomic mass is 9.95. The van der Waals surface area contributed by atoms with E-state index in [1.54, 1.807) is 30.3 Å². The van der Waals surface area contributed by atoms with Gasteiger partial charge in [-0.1, -0.05) is 23.7 Å². The second-order valence-electron chi connectivity index (χ2n) is 7.88. The number of ether oxygens (including phenoxy) is 2. The first-order valence-corrected chi connectivity index (χ1v) is 11.0. The molecule has 2 aliphatic heterocycles. The maximum atomic E-state index is 13.1. The lowest BCUT2D eigenvalue weighted by Crippen LogP contribution is -2.42. The summed E-state index contributed by atoms with van der Waals surface area (Å²) in [5.41, 5.74) is 0.539. The fourth-order valence-corrected chi connectivity index (χ4v) is 4.39. The van der Waals surface area contributed by atoms with Gasteiger partial charge in [-0.3, -0.25) is 14.5 Å². The van der Waals surface area contributed by atoms with E-state index in [0.29, 0.717) is 36.1 Å². The summed E-state index contributed by atoms with van der Waals surface area (Å²) in [6.45, 7) is 3.56. The number of morpholine rings is 1. The molecule has 2 heterocycles. The summed E-state index contributed by atoms with van der Waals surface area (Å²) in [7, 11) is 1.45. The summed E-state index contributed by atoms with van der Waals surface area (Å²) in [4.78, 5) is 29.8. The Hall–Kier alpha value is -3.07. The Kier molecular flexibility index (Phi) is 6.88. The predicted octanol–water partition coefficient (Wildman–Crippen LogP) is 2.81. The van der Waals surface area contributed by atoms with Gasteiger partial charge in [-0.05, 0) is 29.8 Å². The predicted molar refractivity (Wildman–Crippen MR) is 122 cm³/mol. The van der Waals surface area contributed by atoms with Crippen LogP contribution in [0.4, 0.5) is 0 Å². The molecule has 2 saturated heterocycles. The number of amides is 1. The summed E-state index contributed by atoms with van der Waals surface area (Å²) >= 11 is 6.20. The van der Waals surface area contributed by atoms with Crippen LogP contribution in [0.1, 0.15) is 17.2 Å². The summed E-state index contributed by atoms with van der Waals surface area (Å²) < 4.78 is 10.5. The van der Waals surface area contributed by atoms with E-state index >= 15 is 0 Å². The van der Waals surface area contributed by atoms with Crippen molar-refractivity contribution < 1.29 is 29.3 Å². The van der Waals surface area contributed by atoms with Gasteiger partial charge in [-0.15, -0.1) is 0 Å². The fraction of sp³-hybridized carbons (Fsp3) is 0.333. The van der Waals surface area contributed by atoms with Crippen LogP contribution in [0, 0.1) is 0 Å². The third-order valence-electron chi connectivity index (χ3n) is 5.93.